The average Bonchev–Trinajstić information content (AvgIpc) is 3.20. The normalized spacial score (nSPS) is 14.8. The lowest BCUT2D eigenvalue weighted by Gasteiger charge is -2.45. The number of carbonyl (C=O) groups is 4. The summed E-state index contributed by atoms with van der Waals surface area (Å²) in [6.07, 6.45) is 0. The van der Waals surface area contributed by atoms with Crippen molar-refractivity contribution in [2.45, 2.75) is 46.7 Å². The summed E-state index contributed by atoms with van der Waals surface area (Å²) in [7, 11) is 2.86. The smallest absolute Gasteiger partial charge is 0.313 e. The van der Waals surface area contributed by atoms with Crippen molar-refractivity contribution in [3.05, 3.63) is 95.6 Å². The topological polar surface area (TPSA) is 93.2 Å². The molecule has 4 rings (SSSR count). The van der Waals surface area contributed by atoms with Crippen LogP contribution in [0.25, 0.3) is 0 Å². The van der Waals surface area contributed by atoms with E-state index in [2.05, 4.69) is 0 Å². The Labute approximate surface area is 240 Å². The molecule has 0 saturated carbocycles. The van der Waals surface area contributed by atoms with Gasteiger partial charge in [0.2, 0.25) is 0 Å². The molecular weight excluding hydrogens is 520 g/mol. The van der Waals surface area contributed by atoms with Gasteiger partial charge in [-0.3, -0.25) is 24.1 Å². The monoisotopic (exact) mass is 556 g/mol. The molecule has 0 unspecified atom stereocenters. The number of anilines is 1. The predicted molar refractivity (Wildman–Crippen MR) is 156 cm³/mol. The molecule has 0 N–H and O–H groups in total. The highest BCUT2D eigenvalue weighted by Crippen LogP contribution is 2.44. The molecule has 1 heterocycles. The number of nitrogens with zero attached hydrogens (tertiary/aromatic N) is 2. The number of methoxy groups -OCH3 is 2. The van der Waals surface area contributed by atoms with Crippen LogP contribution in [0.4, 0.5) is 5.69 Å². The summed E-state index contributed by atoms with van der Waals surface area (Å²) in [4.78, 5) is 58.2. The Bertz CT molecular complexity index is 1420. The number of hydrogen-bond donors (Lipinski definition) is 0. The van der Waals surface area contributed by atoms with Crippen LogP contribution in [0.1, 0.15) is 66.9 Å². The third-order valence-corrected chi connectivity index (χ3v) is 7.49. The highest BCUT2D eigenvalue weighted by Gasteiger charge is 2.52. The van der Waals surface area contributed by atoms with Crippen LogP contribution < -0.4 is 9.64 Å². The molecule has 8 heteroatoms. The maximum absolute atomic E-state index is 15.0. The number of imide groups is 1. The second-order valence-corrected chi connectivity index (χ2v) is 11.7. The van der Waals surface area contributed by atoms with E-state index in [0.29, 0.717) is 17.0 Å². The van der Waals surface area contributed by atoms with Gasteiger partial charge in [-0.15, -0.1) is 0 Å². The molecule has 41 heavy (non-hydrogen) atoms. The zero-order valence-electron chi connectivity index (χ0n) is 24.5. The molecule has 8 nitrogen and oxygen atoms in total. The summed E-state index contributed by atoms with van der Waals surface area (Å²) in [5, 5.41) is 0. The number of fused-ring (bicyclic) bond motifs is 1. The van der Waals surface area contributed by atoms with E-state index in [1.54, 1.807) is 93.8 Å². The van der Waals surface area contributed by atoms with Crippen molar-refractivity contribution in [1.82, 2.24) is 4.90 Å². The maximum Gasteiger partial charge on any atom is 0.313 e. The van der Waals surface area contributed by atoms with E-state index in [4.69, 9.17) is 9.47 Å². The molecule has 3 amide bonds. The largest absolute Gasteiger partial charge is 0.497 e. The third kappa shape index (κ3) is 5.34. The van der Waals surface area contributed by atoms with Crippen LogP contribution in [0, 0.1) is 10.8 Å². The lowest BCUT2D eigenvalue weighted by molar-refractivity contribution is -0.152. The summed E-state index contributed by atoms with van der Waals surface area (Å²) in [6, 6.07) is 20.6. The van der Waals surface area contributed by atoms with Crippen LogP contribution in [0.3, 0.4) is 0 Å². The Kier molecular flexibility index (Phi) is 8.06. The Morgan fingerprint density at radius 1 is 0.756 bits per heavy atom. The molecule has 214 valence electrons. The van der Waals surface area contributed by atoms with Gasteiger partial charge in [0.15, 0.2) is 0 Å². The van der Waals surface area contributed by atoms with Crippen molar-refractivity contribution in [3.63, 3.8) is 0 Å². The number of benzene rings is 3. The second-order valence-electron chi connectivity index (χ2n) is 11.7. The van der Waals surface area contributed by atoms with Gasteiger partial charge in [0.05, 0.1) is 36.8 Å². The average molecular weight is 557 g/mol. The summed E-state index contributed by atoms with van der Waals surface area (Å²) in [5.41, 5.74) is -0.453. The fourth-order valence-corrected chi connectivity index (χ4v) is 5.48. The molecule has 0 radical (unpaired) electrons. The summed E-state index contributed by atoms with van der Waals surface area (Å²) in [5.74, 6) is -1.48. The highest BCUT2D eigenvalue weighted by molar-refractivity contribution is 6.23. The van der Waals surface area contributed by atoms with E-state index in [0.717, 1.165) is 4.90 Å². The predicted octanol–water partition coefficient (Wildman–Crippen LogP) is 5.68. The Balaban J connectivity index is 1.96. The van der Waals surface area contributed by atoms with Crippen LogP contribution in [-0.4, -0.2) is 48.9 Å². The molecule has 0 aliphatic carbocycles. The van der Waals surface area contributed by atoms with Crippen molar-refractivity contribution in [3.8, 4) is 5.75 Å². The molecule has 0 aromatic heterocycles. The van der Waals surface area contributed by atoms with Gasteiger partial charge in [-0.2, -0.15) is 0 Å². The van der Waals surface area contributed by atoms with Crippen LogP contribution in [-0.2, 0) is 14.3 Å². The molecule has 3 aromatic rings. The fraction of sp³-hybridized carbons (Fsp3) is 0.333. The van der Waals surface area contributed by atoms with Gasteiger partial charge in [0, 0.05) is 5.69 Å². The van der Waals surface area contributed by atoms with Crippen molar-refractivity contribution in [1.29, 1.82) is 0 Å². The molecule has 2 atom stereocenters. The van der Waals surface area contributed by atoms with Crippen LogP contribution >= 0.6 is 0 Å². The molecule has 1 aliphatic heterocycles. The van der Waals surface area contributed by atoms with Crippen molar-refractivity contribution in [2.75, 3.05) is 19.1 Å². The summed E-state index contributed by atoms with van der Waals surface area (Å²) < 4.78 is 10.6. The first-order valence-corrected chi connectivity index (χ1v) is 13.4. The van der Waals surface area contributed by atoms with E-state index in [1.165, 1.54) is 12.0 Å². The van der Waals surface area contributed by atoms with Gasteiger partial charge >= 0.3 is 5.97 Å². The van der Waals surface area contributed by atoms with Crippen molar-refractivity contribution in [2.24, 2.45) is 10.8 Å². The first-order valence-electron chi connectivity index (χ1n) is 13.4. The van der Waals surface area contributed by atoms with E-state index in [9.17, 15) is 14.4 Å². The Morgan fingerprint density at radius 3 is 1.73 bits per heavy atom. The van der Waals surface area contributed by atoms with Crippen molar-refractivity contribution >= 4 is 29.4 Å². The number of rotatable bonds is 8. The van der Waals surface area contributed by atoms with E-state index < -0.39 is 46.6 Å². The SMILES string of the molecule is COC(=O)C(C)(C)[C@@H](c1ccc(OC)cc1)N(C(=O)[C@@H](N1C(=O)c2ccccc2C1=O)C(C)(C)C)c1ccccc1. The van der Waals surface area contributed by atoms with Gasteiger partial charge in [-0.25, -0.2) is 0 Å². The minimum absolute atomic E-state index is 0.257. The maximum atomic E-state index is 15.0. The van der Waals surface area contributed by atoms with Gasteiger partial charge in [-0.05, 0) is 61.2 Å². The second kappa shape index (κ2) is 11.2. The molecule has 0 spiro atoms. The molecular formula is C33H36N2O6. The molecule has 1 aliphatic rings. The fourth-order valence-electron chi connectivity index (χ4n) is 5.48. The number of carbonyl (C=O) groups excluding carboxylic acids is 4. The first-order chi connectivity index (χ1) is 19.3. The lowest BCUT2D eigenvalue weighted by atomic mass is 9.77. The van der Waals surface area contributed by atoms with E-state index in [-0.39, 0.29) is 11.1 Å². The number of amides is 3. The van der Waals surface area contributed by atoms with Gasteiger partial charge in [-0.1, -0.05) is 63.2 Å². The minimum Gasteiger partial charge on any atom is -0.497 e. The standard InChI is InChI=1S/C33H36N2O6/c1-32(2,3)27(35-28(36)24-15-11-12-16-25(24)29(35)37)30(38)34(22-13-9-8-10-14-22)26(33(4,5)31(39)41-7)21-17-19-23(40-6)20-18-21/h8-20,26-27H,1-7H3/t26-,27-/m1/s1. The van der Waals surface area contributed by atoms with Crippen molar-refractivity contribution < 1.29 is 28.7 Å². The quantitative estimate of drug-likeness (QED) is 0.262. The Hall–Kier alpha value is -4.46. The van der Waals surface area contributed by atoms with Crippen LogP contribution in [0.15, 0.2) is 78.9 Å². The molecule has 0 fully saturated rings. The molecule has 3 aromatic carbocycles. The summed E-state index contributed by atoms with van der Waals surface area (Å²) >= 11 is 0. The van der Waals surface area contributed by atoms with E-state index >= 15 is 4.79 Å². The zero-order valence-corrected chi connectivity index (χ0v) is 24.5. The third-order valence-electron chi connectivity index (χ3n) is 7.49. The van der Waals surface area contributed by atoms with Gasteiger partial charge < -0.3 is 14.4 Å². The number of hydrogen-bond acceptors (Lipinski definition) is 6. The number of ether oxygens (including phenoxy) is 2. The number of para-hydroxylation sites is 1. The van der Waals surface area contributed by atoms with Crippen LogP contribution in [0.5, 0.6) is 5.75 Å². The van der Waals surface area contributed by atoms with E-state index in [1.807, 2.05) is 26.8 Å². The zero-order chi connectivity index (χ0) is 30.1. The highest BCUT2D eigenvalue weighted by atomic mass is 16.5. The summed E-state index contributed by atoms with van der Waals surface area (Å²) in [6.45, 7) is 8.87. The molecule has 0 saturated heterocycles. The van der Waals surface area contributed by atoms with Gasteiger partial charge in [0.1, 0.15) is 11.8 Å². The Morgan fingerprint density at radius 2 is 1.27 bits per heavy atom. The van der Waals surface area contributed by atoms with Crippen LogP contribution in [0.2, 0.25) is 0 Å². The first kappa shape index (κ1) is 29.5. The minimum atomic E-state index is -1.25. The molecule has 0 bridgehead atoms. The lowest BCUT2D eigenvalue weighted by Crippen LogP contribution is -2.59. The van der Waals surface area contributed by atoms with Gasteiger partial charge in [0.25, 0.3) is 17.7 Å². The number of esters is 1.